The Labute approximate surface area is 101 Å². The van der Waals surface area contributed by atoms with Gasteiger partial charge in [-0.05, 0) is 30.2 Å². The molecule has 0 aromatic heterocycles. The number of benzene rings is 1. The fourth-order valence-electron chi connectivity index (χ4n) is 0.940. The standard InChI is InChI=1S/C10H14ClNO3S/c1-8(2)7-15-12-16(13,14)10-5-3-9(11)4-6-10/h3-6,8,12H,7H2,1-2H3. The first kappa shape index (κ1) is 13.4. The Morgan fingerprint density at radius 2 is 1.88 bits per heavy atom. The van der Waals surface area contributed by atoms with E-state index in [1.165, 1.54) is 24.3 Å². The summed E-state index contributed by atoms with van der Waals surface area (Å²) in [5, 5.41) is 0.488. The minimum atomic E-state index is -3.60. The van der Waals surface area contributed by atoms with Crippen LogP contribution in [0.1, 0.15) is 13.8 Å². The normalized spacial score (nSPS) is 12.0. The van der Waals surface area contributed by atoms with E-state index in [-0.39, 0.29) is 10.8 Å². The second-order valence-corrected chi connectivity index (χ2v) is 5.83. The minimum absolute atomic E-state index is 0.126. The van der Waals surface area contributed by atoms with Gasteiger partial charge < -0.3 is 0 Å². The van der Waals surface area contributed by atoms with Crippen molar-refractivity contribution in [3.8, 4) is 0 Å². The Hall–Kier alpha value is -0.620. The van der Waals surface area contributed by atoms with Crippen molar-refractivity contribution in [3.63, 3.8) is 0 Å². The molecule has 0 radical (unpaired) electrons. The number of halogens is 1. The van der Waals surface area contributed by atoms with E-state index in [2.05, 4.69) is 4.89 Å². The van der Waals surface area contributed by atoms with Crippen LogP contribution in [0.15, 0.2) is 29.2 Å². The van der Waals surface area contributed by atoms with E-state index in [0.29, 0.717) is 11.6 Å². The summed E-state index contributed by atoms with van der Waals surface area (Å²) in [6.45, 7) is 4.18. The monoisotopic (exact) mass is 263 g/mol. The van der Waals surface area contributed by atoms with Crippen LogP contribution in [0.5, 0.6) is 0 Å². The van der Waals surface area contributed by atoms with Crippen LogP contribution in [0.3, 0.4) is 0 Å². The first-order chi connectivity index (χ1) is 7.42. The highest BCUT2D eigenvalue weighted by Crippen LogP contribution is 2.13. The van der Waals surface area contributed by atoms with Crippen LogP contribution in [0.2, 0.25) is 5.02 Å². The van der Waals surface area contributed by atoms with Crippen molar-refractivity contribution >= 4 is 21.6 Å². The highest BCUT2D eigenvalue weighted by atomic mass is 35.5. The molecule has 0 aliphatic heterocycles. The van der Waals surface area contributed by atoms with Gasteiger partial charge in [-0.3, -0.25) is 4.84 Å². The first-order valence-corrected chi connectivity index (χ1v) is 6.67. The quantitative estimate of drug-likeness (QED) is 0.829. The van der Waals surface area contributed by atoms with Crippen molar-refractivity contribution in [2.75, 3.05) is 6.61 Å². The fourth-order valence-corrected chi connectivity index (χ4v) is 1.88. The van der Waals surface area contributed by atoms with Crippen molar-refractivity contribution < 1.29 is 13.3 Å². The van der Waals surface area contributed by atoms with Crippen molar-refractivity contribution in [2.45, 2.75) is 18.7 Å². The van der Waals surface area contributed by atoms with Crippen molar-refractivity contribution in [1.82, 2.24) is 4.89 Å². The summed E-state index contributed by atoms with van der Waals surface area (Å²) >= 11 is 5.66. The second-order valence-electron chi connectivity index (χ2n) is 3.75. The molecule has 1 N–H and O–H groups in total. The van der Waals surface area contributed by atoms with Crippen LogP contribution < -0.4 is 4.89 Å². The van der Waals surface area contributed by atoms with Gasteiger partial charge in [-0.25, -0.2) is 8.42 Å². The summed E-state index contributed by atoms with van der Waals surface area (Å²) < 4.78 is 23.3. The molecule has 0 bridgehead atoms. The van der Waals surface area contributed by atoms with Crippen LogP contribution in [0.4, 0.5) is 0 Å². The summed E-state index contributed by atoms with van der Waals surface area (Å²) in [6, 6.07) is 5.87. The van der Waals surface area contributed by atoms with E-state index in [4.69, 9.17) is 16.4 Å². The van der Waals surface area contributed by atoms with Crippen LogP contribution >= 0.6 is 11.6 Å². The molecule has 6 heteroatoms. The number of hydrogen-bond donors (Lipinski definition) is 1. The maximum Gasteiger partial charge on any atom is 0.262 e. The molecule has 16 heavy (non-hydrogen) atoms. The number of sulfonamides is 1. The number of nitrogens with one attached hydrogen (secondary N) is 1. The molecule has 0 saturated heterocycles. The smallest absolute Gasteiger partial charge is 0.262 e. The van der Waals surface area contributed by atoms with Crippen molar-refractivity contribution in [2.24, 2.45) is 5.92 Å². The third-order valence-electron chi connectivity index (χ3n) is 1.71. The Morgan fingerprint density at radius 3 is 2.38 bits per heavy atom. The Bertz CT molecular complexity index is 428. The van der Waals surface area contributed by atoms with Gasteiger partial charge in [0.15, 0.2) is 0 Å². The number of rotatable bonds is 5. The summed E-state index contributed by atoms with van der Waals surface area (Å²) in [5.41, 5.74) is 0. The van der Waals surface area contributed by atoms with E-state index in [1.807, 2.05) is 13.8 Å². The molecule has 0 heterocycles. The van der Waals surface area contributed by atoms with Crippen molar-refractivity contribution in [1.29, 1.82) is 0 Å². The minimum Gasteiger partial charge on any atom is -0.287 e. The summed E-state index contributed by atoms with van der Waals surface area (Å²) in [6.07, 6.45) is 0. The molecule has 0 atom stereocenters. The third-order valence-corrected chi connectivity index (χ3v) is 3.19. The zero-order chi connectivity index (χ0) is 12.2. The second kappa shape index (κ2) is 5.63. The van der Waals surface area contributed by atoms with E-state index >= 15 is 0 Å². The topological polar surface area (TPSA) is 55.4 Å². The number of hydrogen-bond acceptors (Lipinski definition) is 3. The Morgan fingerprint density at radius 1 is 1.31 bits per heavy atom. The molecule has 0 aliphatic carbocycles. The van der Waals surface area contributed by atoms with Gasteiger partial charge in [0, 0.05) is 5.02 Å². The van der Waals surface area contributed by atoms with Gasteiger partial charge >= 0.3 is 0 Å². The highest BCUT2D eigenvalue weighted by Gasteiger charge is 2.13. The summed E-state index contributed by atoms with van der Waals surface area (Å²) in [4.78, 5) is 7.05. The van der Waals surface area contributed by atoms with E-state index in [1.54, 1.807) is 0 Å². The Balaban J connectivity index is 2.67. The molecule has 90 valence electrons. The fraction of sp³-hybridized carbons (Fsp3) is 0.400. The van der Waals surface area contributed by atoms with Crippen LogP contribution in [0, 0.1) is 5.92 Å². The zero-order valence-corrected chi connectivity index (χ0v) is 10.7. The average molecular weight is 264 g/mol. The lowest BCUT2D eigenvalue weighted by Gasteiger charge is -2.08. The molecule has 0 aliphatic rings. The van der Waals surface area contributed by atoms with Gasteiger partial charge in [-0.2, -0.15) is 0 Å². The largest absolute Gasteiger partial charge is 0.287 e. The molecule has 0 fully saturated rings. The van der Waals surface area contributed by atoms with E-state index < -0.39 is 10.0 Å². The molecule has 4 nitrogen and oxygen atoms in total. The van der Waals surface area contributed by atoms with E-state index in [0.717, 1.165) is 0 Å². The lowest BCUT2D eigenvalue weighted by atomic mass is 10.2. The van der Waals surface area contributed by atoms with Gasteiger partial charge in [-0.15, -0.1) is 0 Å². The van der Waals surface area contributed by atoms with Gasteiger partial charge in [0.1, 0.15) is 0 Å². The molecular weight excluding hydrogens is 250 g/mol. The maximum absolute atomic E-state index is 11.6. The molecule has 1 aromatic carbocycles. The lowest BCUT2D eigenvalue weighted by molar-refractivity contribution is 0.0719. The van der Waals surface area contributed by atoms with Crippen molar-refractivity contribution in [3.05, 3.63) is 29.3 Å². The zero-order valence-electron chi connectivity index (χ0n) is 9.10. The Kier molecular flexibility index (Phi) is 4.73. The molecule has 0 saturated carbocycles. The lowest BCUT2D eigenvalue weighted by Crippen LogP contribution is -2.25. The van der Waals surface area contributed by atoms with Crippen LogP contribution in [-0.4, -0.2) is 15.0 Å². The predicted octanol–water partition coefficient (Wildman–Crippen LogP) is 2.21. The van der Waals surface area contributed by atoms with Crippen LogP contribution in [-0.2, 0) is 14.9 Å². The highest BCUT2D eigenvalue weighted by molar-refractivity contribution is 7.89. The van der Waals surface area contributed by atoms with Crippen LogP contribution in [0.25, 0.3) is 0 Å². The van der Waals surface area contributed by atoms with Gasteiger partial charge in [0.05, 0.1) is 11.5 Å². The molecule has 0 amide bonds. The molecule has 0 unspecified atom stereocenters. The SMILES string of the molecule is CC(C)CONS(=O)(=O)c1ccc(Cl)cc1. The molecule has 1 rings (SSSR count). The maximum atomic E-state index is 11.6. The van der Waals surface area contributed by atoms with Gasteiger partial charge in [0.25, 0.3) is 10.0 Å². The third kappa shape index (κ3) is 4.09. The summed E-state index contributed by atoms with van der Waals surface area (Å²) in [5.74, 6) is 0.257. The van der Waals surface area contributed by atoms with Gasteiger partial charge in [0.2, 0.25) is 0 Å². The average Bonchev–Trinajstić information content (AvgIpc) is 2.17. The molecular formula is C10H14ClNO3S. The predicted molar refractivity (Wildman–Crippen MR) is 62.6 cm³/mol. The molecule has 0 spiro atoms. The summed E-state index contributed by atoms with van der Waals surface area (Å²) in [7, 11) is -3.60. The first-order valence-electron chi connectivity index (χ1n) is 4.81. The van der Waals surface area contributed by atoms with E-state index in [9.17, 15) is 8.42 Å². The van der Waals surface area contributed by atoms with Gasteiger partial charge in [-0.1, -0.05) is 30.3 Å². The molecule has 1 aromatic rings.